The van der Waals surface area contributed by atoms with Crippen molar-refractivity contribution < 1.29 is 14.0 Å². The Balaban J connectivity index is 1.64. The van der Waals surface area contributed by atoms with Gasteiger partial charge in [-0.1, -0.05) is 12.1 Å². The van der Waals surface area contributed by atoms with Crippen LogP contribution in [0.4, 0.5) is 10.1 Å². The summed E-state index contributed by atoms with van der Waals surface area (Å²) in [5.74, 6) is -0.378. The molecule has 0 aliphatic heterocycles. The minimum atomic E-state index is -0.336. The molecule has 0 radical (unpaired) electrons. The number of rotatable bonds is 5. The van der Waals surface area contributed by atoms with Crippen molar-refractivity contribution in [1.82, 2.24) is 9.55 Å². The summed E-state index contributed by atoms with van der Waals surface area (Å²) in [6.45, 7) is 0. The molecule has 1 aromatic heterocycles. The van der Waals surface area contributed by atoms with E-state index in [0.29, 0.717) is 17.1 Å². The second-order valence-electron chi connectivity index (χ2n) is 5.62. The van der Waals surface area contributed by atoms with Crippen LogP contribution in [0.2, 0.25) is 0 Å². The lowest BCUT2D eigenvalue weighted by atomic mass is 10.1. The second-order valence-corrected chi connectivity index (χ2v) is 5.62. The number of nitrogens with zero attached hydrogens (tertiary/aromatic N) is 2. The highest BCUT2D eigenvalue weighted by Crippen LogP contribution is 2.13. The number of carbonyl (C=O) groups excluding carboxylic acids is 2. The van der Waals surface area contributed by atoms with Gasteiger partial charge in [-0.05, 0) is 42.0 Å². The van der Waals surface area contributed by atoms with Crippen molar-refractivity contribution in [1.29, 1.82) is 0 Å². The molecule has 0 spiro atoms. The third-order valence-corrected chi connectivity index (χ3v) is 3.73. The molecule has 0 atom stereocenters. The number of hydrogen-bond acceptors (Lipinski definition) is 3. The smallest absolute Gasteiger partial charge is 0.228 e. The Morgan fingerprint density at radius 1 is 1.08 bits per heavy atom. The van der Waals surface area contributed by atoms with E-state index >= 15 is 0 Å². The number of imidazole rings is 1. The topological polar surface area (TPSA) is 64.0 Å². The fourth-order valence-corrected chi connectivity index (χ4v) is 2.41. The first-order chi connectivity index (χ1) is 12.0. The Kier molecular flexibility index (Phi) is 4.70. The van der Waals surface area contributed by atoms with Gasteiger partial charge in [0.05, 0.1) is 6.42 Å². The summed E-state index contributed by atoms with van der Waals surface area (Å²) in [6.07, 6.45) is 3.42. The highest BCUT2D eigenvalue weighted by atomic mass is 19.1. The van der Waals surface area contributed by atoms with Crippen molar-refractivity contribution in [2.45, 2.75) is 6.42 Å². The van der Waals surface area contributed by atoms with Crippen molar-refractivity contribution >= 4 is 17.4 Å². The zero-order valence-electron chi connectivity index (χ0n) is 13.6. The Morgan fingerprint density at radius 3 is 2.36 bits per heavy atom. The van der Waals surface area contributed by atoms with Crippen LogP contribution in [-0.4, -0.2) is 21.2 Å². The van der Waals surface area contributed by atoms with Crippen LogP contribution in [-0.2, 0) is 18.3 Å². The van der Waals surface area contributed by atoms with Crippen LogP contribution in [0.25, 0.3) is 0 Å². The molecule has 126 valence electrons. The van der Waals surface area contributed by atoms with Crippen LogP contribution in [0.1, 0.15) is 21.7 Å². The summed E-state index contributed by atoms with van der Waals surface area (Å²) < 4.78 is 14.5. The molecule has 0 saturated carbocycles. The van der Waals surface area contributed by atoms with Gasteiger partial charge in [0.15, 0.2) is 5.82 Å². The van der Waals surface area contributed by atoms with Crippen LogP contribution in [0, 0.1) is 5.82 Å². The molecule has 1 N–H and O–H groups in total. The maximum atomic E-state index is 12.9. The van der Waals surface area contributed by atoms with E-state index in [9.17, 15) is 14.0 Å². The SMILES string of the molecule is Cn1ccnc1C(=O)c1ccc(NC(=O)Cc2ccc(F)cc2)cc1. The molecule has 1 heterocycles. The Morgan fingerprint density at radius 2 is 1.76 bits per heavy atom. The standard InChI is InChI=1S/C19H16FN3O2/c1-23-11-10-21-19(23)18(25)14-4-8-16(9-5-14)22-17(24)12-13-2-6-15(20)7-3-13/h2-11H,12H2,1H3,(H,22,24). The van der Waals surface area contributed by atoms with Gasteiger partial charge in [0.25, 0.3) is 0 Å². The van der Waals surface area contributed by atoms with Crippen LogP contribution in [0.15, 0.2) is 60.9 Å². The molecule has 0 bridgehead atoms. The molecule has 3 rings (SSSR count). The Hall–Kier alpha value is -3.28. The molecule has 0 saturated heterocycles. The van der Waals surface area contributed by atoms with Crippen molar-refractivity contribution in [2.75, 3.05) is 5.32 Å². The van der Waals surface area contributed by atoms with E-state index < -0.39 is 0 Å². The maximum Gasteiger partial charge on any atom is 0.228 e. The average Bonchev–Trinajstić information content (AvgIpc) is 3.03. The Labute approximate surface area is 144 Å². The summed E-state index contributed by atoms with van der Waals surface area (Å²) in [6, 6.07) is 12.4. The monoisotopic (exact) mass is 337 g/mol. The summed E-state index contributed by atoms with van der Waals surface area (Å²) in [5.41, 5.74) is 1.80. The number of anilines is 1. The third-order valence-electron chi connectivity index (χ3n) is 3.73. The first-order valence-corrected chi connectivity index (χ1v) is 7.69. The average molecular weight is 337 g/mol. The van der Waals surface area contributed by atoms with E-state index in [-0.39, 0.29) is 23.9 Å². The molecule has 25 heavy (non-hydrogen) atoms. The number of halogens is 1. The van der Waals surface area contributed by atoms with E-state index in [1.807, 2.05) is 0 Å². The molecule has 2 aromatic carbocycles. The number of ketones is 1. The van der Waals surface area contributed by atoms with Crippen molar-refractivity contribution in [2.24, 2.45) is 7.05 Å². The molecule has 0 aliphatic rings. The summed E-state index contributed by atoms with van der Waals surface area (Å²) in [5, 5.41) is 2.75. The van der Waals surface area contributed by atoms with Gasteiger partial charge in [0, 0.05) is 30.7 Å². The maximum absolute atomic E-state index is 12.9. The van der Waals surface area contributed by atoms with E-state index in [1.165, 1.54) is 12.1 Å². The van der Waals surface area contributed by atoms with Gasteiger partial charge in [0.2, 0.25) is 11.7 Å². The number of benzene rings is 2. The largest absolute Gasteiger partial charge is 0.331 e. The van der Waals surface area contributed by atoms with Crippen molar-refractivity contribution in [3.8, 4) is 0 Å². The highest BCUT2D eigenvalue weighted by Gasteiger charge is 2.13. The predicted molar refractivity (Wildman–Crippen MR) is 91.8 cm³/mol. The van der Waals surface area contributed by atoms with E-state index in [0.717, 1.165) is 5.56 Å². The number of amides is 1. The molecular weight excluding hydrogens is 321 g/mol. The number of nitrogens with one attached hydrogen (secondary N) is 1. The lowest BCUT2D eigenvalue weighted by molar-refractivity contribution is -0.115. The first kappa shape index (κ1) is 16.6. The van der Waals surface area contributed by atoms with Gasteiger partial charge < -0.3 is 9.88 Å². The van der Waals surface area contributed by atoms with E-state index in [1.54, 1.807) is 60.4 Å². The van der Waals surface area contributed by atoms with E-state index in [2.05, 4.69) is 10.3 Å². The molecule has 0 fully saturated rings. The molecule has 1 amide bonds. The Bertz CT molecular complexity index is 899. The first-order valence-electron chi connectivity index (χ1n) is 7.69. The van der Waals surface area contributed by atoms with Gasteiger partial charge in [-0.25, -0.2) is 9.37 Å². The summed E-state index contributed by atoms with van der Waals surface area (Å²) >= 11 is 0. The fourth-order valence-electron chi connectivity index (χ4n) is 2.41. The van der Waals surface area contributed by atoms with Crippen molar-refractivity contribution in [3.05, 3.63) is 83.7 Å². The van der Waals surface area contributed by atoms with Crippen LogP contribution in [0.3, 0.4) is 0 Å². The number of aromatic nitrogens is 2. The van der Waals surface area contributed by atoms with Crippen molar-refractivity contribution in [3.63, 3.8) is 0 Å². The van der Waals surface area contributed by atoms with E-state index in [4.69, 9.17) is 0 Å². The number of carbonyl (C=O) groups is 2. The van der Waals surface area contributed by atoms with Gasteiger partial charge in [-0.3, -0.25) is 9.59 Å². The number of hydrogen-bond donors (Lipinski definition) is 1. The molecule has 6 heteroatoms. The molecular formula is C19H16FN3O2. The van der Waals surface area contributed by atoms with Gasteiger partial charge in [-0.15, -0.1) is 0 Å². The zero-order chi connectivity index (χ0) is 17.8. The fraction of sp³-hybridized carbons (Fsp3) is 0.105. The predicted octanol–water partition coefficient (Wildman–Crippen LogP) is 2.97. The lowest BCUT2D eigenvalue weighted by Gasteiger charge is -2.07. The van der Waals surface area contributed by atoms with Gasteiger partial charge in [-0.2, -0.15) is 0 Å². The zero-order valence-corrected chi connectivity index (χ0v) is 13.6. The molecule has 0 aliphatic carbocycles. The minimum Gasteiger partial charge on any atom is -0.331 e. The second kappa shape index (κ2) is 7.09. The molecule has 5 nitrogen and oxygen atoms in total. The quantitative estimate of drug-likeness (QED) is 0.728. The van der Waals surface area contributed by atoms with Gasteiger partial charge >= 0.3 is 0 Å². The molecule has 3 aromatic rings. The minimum absolute atomic E-state index is 0.147. The van der Waals surface area contributed by atoms with Crippen LogP contribution >= 0.6 is 0 Å². The number of aryl methyl sites for hydroxylation is 1. The highest BCUT2D eigenvalue weighted by molar-refractivity contribution is 6.07. The summed E-state index contributed by atoms with van der Waals surface area (Å²) in [7, 11) is 1.75. The third kappa shape index (κ3) is 3.98. The van der Waals surface area contributed by atoms with Crippen LogP contribution < -0.4 is 5.32 Å². The van der Waals surface area contributed by atoms with Crippen LogP contribution in [0.5, 0.6) is 0 Å². The lowest BCUT2D eigenvalue weighted by Crippen LogP contribution is -2.14. The van der Waals surface area contributed by atoms with Gasteiger partial charge in [0.1, 0.15) is 5.82 Å². The summed E-state index contributed by atoms with van der Waals surface area (Å²) in [4.78, 5) is 28.4. The molecule has 0 unspecified atom stereocenters. The normalized spacial score (nSPS) is 10.5.